The van der Waals surface area contributed by atoms with Crippen molar-refractivity contribution in [3.63, 3.8) is 0 Å². The van der Waals surface area contributed by atoms with Crippen LogP contribution in [0.25, 0.3) is 0 Å². The van der Waals surface area contributed by atoms with E-state index in [1.54, 1.807) is 11.0 Å². The summed E-state index contributed by atoms with van der Waals surface area (Å²) in [6.45, 7) is 1.42. The third kappa shape index (κ3) is 2.76. The largest absolute Gasteiger partial charge is 0.309 e. The summed E-state index contributed by atoms with van der Waals surface area (Å²) < 4.78 is 26.8. The molecule has 122 valence electrons. The summed E-state index contributed by atoms with van der Waals surface area (Å²) in [4.78, 5) is 1.76. The van der Waals surface area contributed by atoms with E-state index in [4.69, 9.17) is 5.26 Å². The Labute approximate surface area is 135 Å². The summed E-state index contributed by atoms with van der Waals surface area (Å²) in [6, 6.07) is 7.84. The number of benzene rings is 1. The highest BCUT2D eigenvalue weighted by molar-refractivity contribution is 7.93. The van der Waals surface area contributed by atoms with E-state index in [1.807, 2.05) is 18.2 Å². The molecule has 4 rings (SSSR count). The maximum atomic E-state index is 12.1. The molecular weight excluding hydrogens is 314 g/mol. The highest BCUT2D eigenvalue weighted by Crippen LogP contribution is 2.35. The molecule has 23 heavy (non-hydrogen) atoms. The van der Waals surface area contributed by atoms with Crippen LogP contribution in [0, 0.1) is 17.4 Å². The van der Waals surface area contributed by atoms with Crippen LogP contribution in [0.4, 0.5) is 5.69 Å². The molecule has 0 bridgehead atoms. The van der Waals surface area contributed by atoms with Crippen LogP contribution in [-0.4, -0.2) is 37.7 Å². The molecule has 0 aromatic heterocycles. The van der Waals surface area contributed by atoms with Crippen molar-refractivity contribution in [2.45, 2.75) is 30.2 Å². The lowest BCUT2D eigenvalue weighted by molar-refractivity contribution is 0.390. The van der Waals surface area contributed by atoms with Gasteiger partial charge in [0.1, 0.15) is 0 Å². The third-order valence-electron chi connectivity index (χ3n) is 4.83. The zero-order valence-electron chi connectivity index (χ0n) is 12.6. The summed E-state index contributed by atoms with van der Waals surface area (Å²) in [6.07, 6.45) is 3.69. The van der Waals surface area contributed by atoms with E-state index >= 15 is 0 Å². The Morgan fingerprint density at radius 1 is 1.26 bits per heavy atom. The fourth-order valence-corrected chi connectivity index (χ4v) is 4.84. The summed E-state index contributed by atoms with van der Waals surface area (Å²) in [7, 11) is -3.25. The van der Waals surface area contributed by atoms with E-state index in [2.05, 4.69) is 21.8 Å². The number of fused-ring (bicyclic) bond motifs is 1. The van der Waals surface area contributed by atoms with Crippen LogP contribution in [0.5, 0.6) is 0 Å². The van der Waals surface area contributed by atoms with Crippen molar-refractivity contribution < 1.29 is 8.42 Å². The highest BCUT2D eigenvalue weighted by Gasteiger charge is 2.43. The standard InChI is InChI=1S/C15H19N5O2S/c16-9-20-7-13-14(8-20)17-18-15(13)10-2-1-3-11(6-10)19-23(21,22)12-4-5-12/h1-3,6,12-15,17-19H,4-5,7-8H2. The summed E-state index contributed by atoms with van der Waals surface area (Å²) in [5, 5.41) is 8.82. The van der Waals surface area contributed by atoms with Crippen molar-refractivity contribution >= 4 is 15.7 Å². The minimum Gasteiger partial charge on any atom is -0.309 e. The second-order valence-corrected chi connectivity index (χ2v) is 8.47. The maximum Gasteiger partial charge on any atom is 0.235 e. The first-order valence-corrected chi connectivity index (χ1v) is 9.39. The van der Waals surface area contributed by atoms with Crippen molar-refractivity contribution in [2.75, 3.05) is 17.8 Å². The van der Waals surface area contributed by atoms with Gasteiger partial charge in [-0.05, 0) is 30.5 Å². The second kappa shape index (κ2) is 5.37. The minimum atomic E-state index is -3.25. The number of hydrogen-bond donors (Lipinski definition) is 3. The molecule has 1 aromatic rings. The number of anilines is 1. The lowest BCUT2D eigenvalue weighted by Gasteiger charge is -2.19. The number of hydrogen-bond acceptors (Lipinski definition) is 6. The Kier molecular flexibility index (Phi) is 3.44. The molecule has 1 saturated carbocycles. The predicted molar refractivity (Wildman–Crippen MR) is 85.5 cm³/mol. The van der Waals surface area contributed by atoms with Gasteiger partial charge in [0.05, 0.1) is 11.3 Å². The van der Waals surface area contributed by atoms with Gasteiger partial charge in [0.25, 0.3) is 0 Å². The molecule has 3 aliphatic rings. The molecule has 0 radical (unpaired) electrons. The molecule has 7 nitrogen and oxygen atoms in total. The molecule has 3 fully saturated rings. The Bertz CT molecular complexity index is 755. The van der Waals surface area contributed by atoms with Crippen LogP contribution in [0.3, 0.4) is 0 Å². The van der Waals surface area contributed by atoms with Gasteiger partial charge in [0.2, 0.25) is 10.0 Å². The van der Waals surface area contributed by atoms with Gasteiger partial charge in [0.15, 0.2) is 6.19 Å². The number of sulfonamides is 1. The first kappa shape index (κ1) is 14.8. The van der Waals surface area contributed by atoms with E-state index in [-0.39, 0.29) is 17.3 Å². The second-order valence-electron chi connectivity index (χ2n) is 6.51. The molecule has 1 aromatic carbocycles. The SMILES string of the molecule is N#CN1CC2NNC(c3cccc(NS(=O)(=O)C4CC4)c3)C2C1. The van der Waals surface area contributed by atoms with Crippen LogP contribution in [0.2, 0.25) is 0 Å². The molecule has 0 amide bonds. The third-order valence-corrected chi connectivity index (χ3v) is 6.70. The van der Waals surface area contributed by atoms with Crippen LogP contribution in [0.15, 0.2) is 24.3 Å². The summed E-state index contributed by atoms with van der Waals surface area (Å²) in [5.74, 6) is 0.296. The van der Waals surface area contributed by atoms with E-state index < -0.39 is 10.0 Å². The van der Waals surface area contributed by atoms with Crippen LogP contribution in [0.1, 0.15) is 24.4 Å². The van der Waals surface area contributed by atoms with Gasteiger partial charge in [-0.25, -0.2) is 13.8 Å². The van der Waals surface area contributed by atoms with Crippen LogP contribution in [-0.2, 0) is 10.0 Å². The van der Waals surface area contributed by atoms with Gasteiger partial charge in [-0.15, -0.1) is 0 Å². The fraction of sp³-hybridized carbons (Fsp3) is 0.533. The van der Waals surface area contributed by atoms with Gasteiger partial charge < -0.3 is 4.90 Å². The predicted octanol–water partition coefficient (Wildman–Crippen LogP) is 0.521. The van der Waals surface area contributed by atoms with Gasteiger partial charge in [0, 0.05) is 30.7 Å². The van der Waals surface area contributed by atoms with Crippen molar-refractivity contribution in [3.05, 3.63) is 29.8 Å². The number of nitrogens with zero attached hydrogens (tertiary/aromatic N) is 2. The minimum absolute atomic E-state index is 0.0729. The maximum absolute atomic E-state index is 12.1. The number of hydrazine groups is 1. The molecule has 0 spiro atoms. The molecule has 2 aliphatic heterocycles. The van der Waals surface area contributed by atoms with Gasteiger partial charge in [-0.1, -0.05) is 12.1 Å². The Hall–Kier alpha value is -1.82. The molecule has 2 heterocycles. The van der Waals surface area contributed by atoms with Crippen LogP contribution >= 0.6 is 0 Å². The molecule has 1 aliphatic carbocycles. The Morgan fingerprint density at radius 2 is 2.09 bits per heavy atom. The van der Waals surface area contributed by atoms with Crippen molar-refractivity contribution in [3.8, 4) is 6.19 Å². The molecule has 3 N–H and O–H groups in total. The van der Waals surface area contributed by atoms with Gasteiger partial charge >= 0.3 is 0 Å². The zero-order valence-corrected chi connectivity index (χ0v) is 13.4. The number of rotatable bonds is 4. The van der Waals surface area contributed by atoms with E-state index in [0.29, 0.717) is 24.7 Å². The van der Waals surface area contributed by atoms with Crippen LogP contribution < -0.4 is 15.6 Å². The smallest absolute Gasteiger partial charge is 0.235 e. The first-order valence-electron chi connectivity index (χ1n) is 7.84. The van der Waals surface area contributed by atoms with Gasteiger partial charge in [-0.2, -0.15) is 5.26 Å². The molecule has 2 saturated heterocycles. The topological polar surface area (TPSA) is 97.3 Å². The zero-order chi connectivity index (χ0) is 16.0. The lowest BCUT2D eigenvalue weighted by Crippen LogP contribution is -2.35. The van der Waals surface area contributed by atoms with E-state index in [1.165, 1.54) is 0 Å². The van der Waals surface area contributed by atoms with E-state index in [0.717, 1.165) is 18.4 Å². The average molecular weight is 333 g/mol. The van der Waals surface area contributed by atoms with E-state index in [9.17, 15) is 8.42 Å². The Balaban J connectivity index is 1.54. The normalized spacial score (nSPS) is 30.0. The number of likely N-dealkylation sites (tertiary alicyclic amines) is 1. The monoisotopic (exact) mass is 333 g/mol. The summed E-state index contributed by atoms with van der Waals surface area (Å²) in [5.41, 5.74) is 8.16. The Morgan fingerprint density at radius 3 is 2.83 bits per heavy atom. The molecular formula is C15H19N5O2S. The molecule has 8 heteroatoms. The molecule has 3 atom stereocenters. The first-order chi connectivity index (χ1) is 11.1. The number of nitrogens with one attached hydrogen (secondary N) is 3. The fourth-order valence-electron chi connectivity index (χ4n) is 3.46. The summed E-state index contributed by atoms with van der Waals surface area (Å²) >= 11 is 0. The van der Waals surface area contributed by atoms with Crippen molar-refractivity contribution in [2.24, 2.45) is 5.92 Å². The van der Waals surface area contributed by atoms with Gasteiger partial charge in [-0.3, -0.25) is 10.1 Å². The quantitative estimate of drug-likeness (QED) is 0.695. The number of nitriles is 1. The lowest BCUT2D eigenvalue weighted by atomic mass is 9.92. The molecule has 3 unspecified atom stereocenters. The highest BCUT2D eigenvalue weighted by atomic mass is 32.2. The average Bonchev–Trinajstić information content (AvgIpc) is 3.20. The van der Waals surface area contributed by atoms with Crippen molar-refractivity contribution in [1.82, 2.24) is 15.8 Å². The van der Waals surface area contributed by atoms with Crippen molar-refractivity contribution in [1.29, 1.82) is 5.26 Å².